The van der Waals surface area contributed by atoms with Crippen molar-refractivity contribution in [2.75, 3.05) is 13.6 Å². The van der Waals surface area contributed by atoms with E-state index < -0.39 is 0 Å². The SMILES string of the molecule is CC(c1cccc(Cl)c1)N(C)C(C)(CN)C1(C)CC1. The molecule has 2 unspecified atom stereocenters. The molecule has 2 rings (SSSR count). The number of benzene rings is 1. The van der Waals surface area contributed by atoms with E-state index in [1.54, 1.807) is 0 Å². The summed E-state index contributed by atoms with van der Waals surface area (Å²) in [5.41, 5.74) is 7.75. The molecule has 0 bridgehead atoms. The first kappa shape index (κ1) is 14.8. The lowest BCUT2D eigenvalue weighted by atomic mass is 9.81. The molecule has 0 aliphatic heterocycles. The second-order valence-electron chi connectivity index (χ2n) is 6.38. The lowest BCUT2D eigenvalue weighted by molar-refractivity contribution is 0.0397. The van der Waals surface area contributed by atoms with Crippen LogP contribution in [0.5, 0.6) is 0 Å². The van der Waals surface area contributed by atoms with E-state index in [4.69, 9.17) is 17.3 Å². The quantitative estimate of drug-likeness (QED) is 0.888. The summed E-state index contributed by atoms with van der Waals surface area (Å²) in [6.07, 6.45) is 2.54. The molecule has 0 amide bonds. The van der Waals surface area contributed by atoms with Gasteiger partial charge in [-0.25, -0.2) is 0 Å². The van der Waals surface area contributed by atoms with Crippen LogP contribution in [0.3, 0.4) is 0 Å². The molecule has 3 heteroatoms. The molecule has 0 heterocycles. The van der Waals surface area contributed by atoms with Gasteiger partial charge in [0.15, 0.2) is 0 Å². The molecule has 19 heavy (non-hydrogen) atoms. The molecule has 106 valence electrons. The first-order chi connectivity index (χ1) is 8.84. The highest BCUT2D eigenvalue weighted by atomic mass is 35.5. The Hall–Kier alpha value is -0.570. The largest absolute Gasteiger partial charge is 0.329 e. The Bertz CT molecular complexity index is 456. The molecule has 0 radical (unpaired) electrons. The summed E-state index contributed by atoms with van der Waals surface area (Å²) in [7, 11) is 2.18. The fourth-order valence-corrected chi connectivity index (χ4v) is 3.16. The van der Waals surface area contributed by atoms with Crippen LogP contribution in [-0.2, 0) is 0 Å². The van der Waals surface area contributed by atoms with Gasteiger partial charge in [0.25, 0.3) is 0 Å². The highest BCUT2D eigenvalue weighted by molar-refractivity contribution is 6.30. The highest BCUT2D eigenvalue weighted by Gasteiger charge is 2.55. The van der Waals surface area contributed by atoms with E-state index >= 15 is 0 Å². The van der Waals surface area contributed by atoms with Crippen LogP contribution < -0.4 is 5.73 Å². The van der Waals surface area contributed by atoms with Gasteiger partial charge in [-0.15, -0.1) is 0 Å². The molecular formula is C16H25ClN2. The number of nitrogens with zero attached hydrogens (tertiary/aromatic N) is 1. The fourth-order valence-electron chi connectivity index (χ4n) is 2.96. The van der Waals surface area contributed by atoms with Crippen molar-refractivity contribution in [2.45, 2.75) is 45.2 Å². The minimum atomic E-state index is 0.0364. The summed E-state index contributed by atoms with van der Waals surface area (Å²) >= 11 is 6.10. The van der Waals surface area contributed by atoms with E-state index in [2.05, 4.69) is 44.9 Å². The number of hydrogen-bond acceptors (Lipinski definition) is 2. The van der Waals surface area contributed by atoms with E-state index in [9.17, 15) is 0 Å². The van der Waals surface area contributed by atoms with Crippen LogP contribution in [0.4, 0.5) is 0 Å². The van der Waals surface area contributed by atoms with Crippen molar-refractivity contribution < 1.29 is 0 Å². The molecule has 1 aromatic carbocycles. The molecule has 1 fully saturated rings. The average Bonchev–Trinajstić information content (AvgIpc) is 3.15. The van der Waals surface area contributed by atoms with Crippen LogP contribution in [0.15, 0.2) is 24.3 Å². The van der Waals surface area contributed by atoms with Gasteiger partial charge >= 0.3 is 0 Å². The van der Waals surface area contributed by atoms with Crippen molar-refractivity contribution in [1.29, 1.82) is 0 Å². The summed E-state index contributed by atoms with van der Waals surface area (Å²) in [5.74, 6) is 0. The predicted octanol–water partition coefficient (Wildman–Crippen LogP) is 3.85. The fraction of sp³-hybridized carbons (Fsp3) is 0.625. The van der Waals surface area contributed by atoms with Gasteiger partial charge in [-0.1, -0.05) is 30.7 Å². The Morgan fingerprint density at radius 1 is 1.47 bits per heavy atom. The number of hydrogen-bond donors (Lipinski definition) is 1. The number of nitrogens with two attached hydrogens (primary N) is 1. The zero-order valence-electron chi connectivity index (χ0n) is 12.4. The van der Waals surface area contributed by atoms with Crippen molar-refractivity contribution in [3.05, 3.63) is 34.9 Å². The van der Waals surface area contributed by atoms with Gasteiger partial charge in [0, 0.05) is 23.1 Å². The molecule has 1 saturated carbocycles. The zero-order chi connectivity index (χ0) is 14.3. The zero-order valence-corrected chi connectivity index (χ0v) is 13.2. The normalized spacial score (nSPS) is 22.1. The summed E-state index contributed by atoms with van der Waals surface area (Å²) in [5, 5.41) is 0.796. The Kier molecular flexibility index (Phi) is 3.97. The van der Waals surface area contributed by atoms with Gasteiger partial charge in [-0.05, 0) is 56.8 Å². The third-order valence-corrected chi connectivity index (χ3v) is 5.62. The Labute approximate surface area is 121 Å². The van der Waals surface area contributed by atoms with Gasteiger partial charge in [-0.3, -0.25) is 4.90 Å². The second-order valence-corrected chi connectivity index (χ2v) is 6.82. The van der Waals surface area contributed by atoms with Crippen LogP contribution in [-0.4, -0.2) is 24.0 Å². The van der Waals surface area contributed by atoms with Gasteiger partial charge in [0.1, 0.15) is 0 Å². The first-order valence-electron chi connectivity index (χ1n) is 7.02. The maximum absolute atomic E-state index is 6.11. The topological polar surface area (TPSA) is 29.3 Å². The Morgan fingerprint density at radius 3 is 2.58 bits per heavy atom. The molecule has 0 saturated heterocycles. The van der Waals surface area contributed by atoms with Gasteiger partial charge in [0.2, 0.25) is 0 Å². The van der Waals surface area contributed by atoms with Crippen LogP contribution in [0.1, 0.15) is 45.2 Å². The average molecular weight is 281 g/mol. The van der Waals surface area contributed by atoms with E-state index in [-0.39, 0.29) is 5.54 Å². The summed E-state index contributed by atoms with van der Waals surface area (Å²) in [4.78, 5) is 2.42. The van der Waals surface area contributed by atoms with E-state index in [1.807, 2.05) is 12.1 Å². The molecular weight excluding hydrogens is 256 g/mol. The van der Waals surface area contributed by atoms with Gasteiger partial charge in [-0.2, -0.15) is 0 Å². The third-order valence-electron chi connectivity index (χ3n) is 5.39. The van der Waals surface area contributed by atoms with Crippen LogP contribution in [0.2, 0.25) is 5.02 Å². The standard InChI is InChI=1S/C16H25ClN2/c1-12(13-6-5-7-14(17)10-13)19(4)16(3,11-18)15(2)8-9-15/h5-7,10,12H,8-9,11,18H2,1-4H3. The van der Waals surface area contributed by atoms with Gasteiger partial charge < -0.3 is 5.73 Å². The molecule has 0 aromatic heterocycles. The Morgan fingerprint density at radius 2 is 2.11 bits per heavy atom. The van der Waals surface area contributed by atoms with E-state index in [0.29, 0.717) is 18.0 Å². The van der Waals surface area contributed by atoms with Crippen LogP contribution in [0, 0.1) is 5.41 Å². The second kappa shape index (κ2) is 5.08. The number of rotatable bonds is 5. The maximum atomic E-state index is 6.11. The summed E-state index contributed by atoms with van der Waals surface area (Å²) in [6, 6.07) is 8.43. The van der Waals surface area contributed by atoms with E-state index in [1.165, 1.54) is 18.4 Å². The van der Waals surface area contributed by atoms with Gasteiger partial charge in [0.05, 0.1) is 0 Å². The van der Waals surface area contributed by atoms with Crippen molar-refractivity contribution in [3.63, 3.8) is 0 Å². The monoisotopic (exact) mass is 280 g/mol. The minimum absolute atomic E-state index is 0.0364. The number of likely N-dealkylation sites (N-methyl/N-ethyl adjacent to an activating group) is 1. The summed E-state index contributed by atoms with van der Waals surface area (Å²) in [6.45, 7) is 7.55. The highest BCUT2D eigenvalue weighted by Crippen LogP contribution is 2.56. The molecule has 2 nitrogen and oxygen atoms in total. The van der Waals surface area contributed by atoms with Crippen molar-refractivity contribution >= 4 is 11.6 Å². The Balaban J connectivity index is 2.25. The minimum Gasteiger partial charge on any atom is -0.329 e. The van der Waals surface area contributed by atoms with Crippen molar-refractivity contribution in [3.8, 4) is 0 Å². The molecule has 1 aromatic rings. The molecule has 0 spiro atoms. The molecule has 2 atom stereocenters. The molecule has 2 N–H and O–H groups in total. The first-order valence-corrected chi connectivity index (χ1v) is 7.40. The molecule has 1 aliphatic rings. The smallest absolute Gasteiger partial charge is 0.0409 e. The lowest BCUT2D eigenvalue weighted by Crippen LogP contribution is -2.56. The number of halogens is 1. The maximum Gasteiger partial charge on any atom is 0.0409 e. The summed E-state index contributed by atoms with van der Waals surface area (Å²) < 4.78 is 0. The van der Waals surface area contributed by atoms with Crippen LogP contribution >= 0.6 is 11.6 Å². The van der Waals surface area contributed by atoms with E-state index in [0.717, 1.165) is 5.02 Å². The van der Waals surface area contributed by atoms with Crippen molar-refractivity contribution in [2.24, 2.45) is 11.1 Å². The lowest BCUT2D eigenvalue weighted by Gasteiger charge is -2.46. The molecule has 1 aliphatic carbocycles. The van der Waals surface area contributed by atoms with Crippen molar-refractivity contribution in [1.82, 2.24) is 4.90 Å². The van der Waals surface area contributed by atoms with Crippen LogP contribution in [0.25, 0.3) is 0 Å². The predicted molar refractivity (Wildman–Crippen MR) is 82.4 cm³/mol. The third kappa shape index (κ3) is 2.54.